The third-order valence-electron chi connectivity index (χ3n) is 3.55. The van der Waals surface area contributed by atoms with Crippen molar-refractivity contribution in [3.63, 3.8) is 0 Å². The van der Waals surface area contributed by atoms with E-state index in [0.717, 1.165) is 16.9 Å². The quantitative estimate of drug-likeness (QED) is 0.638. The number of nitrogens with one attached hydrogen (secondary N) is 2. The number of thiophene rings is 1. The zero-order valence-corrected chi connectivity index (χ0v) is 14.9. The Labute approximate surface area is 160 Å². The summed E-state index contributed by atoms with van der Waals surface area (Å²) in [6, 6.07) is 4.94. The lowest BCUT2D eigenvalue weighted by atomic mass is 10.1. The van der Waals surface area contributed by atoms with Gasteiger partial charge < -0.3 is 19.9 Å². The minimum absolute atomic E-state index is 0.164. The Morgan fingerprint density at radius 2 is 2.04 bits per heavy atom. The molecule has 2 N–H and O–H groups in total. The van der Waals surface area contributed by atoms with Gasteiger partial charge in [-0.1, -0.05) is 0 Å². The number of amides is 2. The number of fused-ring (bicyclic) bond motifs is 1. The number of rotatable bonds is 5. The first-order valence-corrected chi connectivity index (χ1v) is 8.69. The van der Waals surface area contributed by atoms with E-state index < -0.39 is 24.5 Å². The van der Waals surface area contributed by atoms with Gasteiger partial charge in [-0.3, -0.25) is 9.59 Å². The average molecular weight is 407 g/mol. The number of alkyl halides is 3. The number of imidazole rings is 1. The van der Waals surface area contributed by atoms with Gasteiger partial charge in [0.1, 0.15) is 12.2 Å². The Morgan fingerprint density at radius 3 is 2.75 bits per heavy atom. The van der Waals surface area contributed by atoms with Crippen molar-refractivity contribution in [1.82, 2.24) is 14.7 Å². The number of halogens is 3. The SMILES string of the molecule is [C-]#[N+]CC(=O)Nc1cn2cc(-c3csc(C(=O)NCC(F)(F)F)c3)ccc2n1. The molecule has 3 aromatic heterocycles. The van der Waals surface area contributed by atoms with Gasteiger partial charge in [-0.15, -0.1) is 11.3 Å². The van der Waals surface area contributed by atoms with E-state index in [0.29, 0.717) is 17.0 Å². The largest absolute Gasteiger partial charge is 0.405 e. The van der Waals surface area contributed by atoms with Crippen LogP contribution in [0, 0.1) is 6.57 Å². The van der Waals surface area contributed by atoms with Crippen molar-refractivity contribution in [2.45, 2.75) is 6.18 Å². The van der Waals surface area contributed by atoms with Crippen molar-refractivity contribution in [3.8, 4) is 11.1 Å². The molecule has 2 amide bonds. The summed E-state index contributed by atoms with van der Waals surface area (Å²) in [6.45, 7) is 4.99. The fourth-order valence-electron chi connectivity index (χ4n) is 2.35. The summed E-state index contributed by atoms with van der Waals surface area (Å²) in [6.07, 6.45) is -1.18. The monoisotopic (exact) mass is 407 g/mol. The van der Waals surface area contributed by atoms with Gasteiger partial charge >= 0.3 is 12.1 Å². The van der Waals surface area contributed by atoms with E-state index in [1.807, 2.05) is 5.32 Å². The lowest BCUT2D eigenvalue weighted by molar-refractivity contribution is -0.123. The molecule has 0 unspecified atom stereocenters. The highest BCUT2D eigenvalue weighted by molar-refractivity contribution is 7.12. The van der Waals surface area contributed by atoms with Crippen LogP contribution in [0.15, 0.2) is 36.0 Å². The second kappa shape index (κ2) is 7.69. The Balaban J connectivity index is 1.77. The van der Waals surface area contributed by atoms with Crippen molar-refractivity contribution >= 4 is 34.6 Å². The smallest absolute Gasteiger partial charge is 0.342 e. The molecule has 0 aliphatic rings. The van der Waals surface area contributed by atoms with Gasteiger partial charge in [0, 0.05) is 6.20 Å². The van der Waals surface area contributed by atoms with Crippen LogP contribution in [0.3, 0.4) is 0 Å². The van der Waals surface area contributed by atoms with Gasteiger partial charge in [0.25, 0.3) is 12.5 Å². The molecule has 11 heteroatoms. The number of carbonyl (C=O) groups excluding carboxylic acids is 2. The predicted octanol–water partition coefficient (Wildman–Crippen LogP) is 3.21. The standard InChI is InChI=1S/C17H12F3N5O2S/c1-21-5-15(26)24-13-7-25-6-10(2-3-14(25)23-13)11-4-12(28-8-11)16(27)22-9-17(18,19)20/h2-4,6-8H,5,9H2,(H,22,27)(H,24,26). The Morgan fingerprint density at radius 1 is 1.25 bits per heavy atom. The summed E-state index contributed by atoms with van der Waals surface area (Å²) >= 11 is 1.04. The molecule has 0 saturated heterocycles. The highest BCUT2D eigenvalue weighted by Gasteiger charge is 2.28. The maximum absolute atomic E-state index is 12.2. The molecule has 28 heavy (non-hydrogen) atoms. The molecule has 0 radical (unpaired) electrons. The number of anilines is 1. The molecule has 3 heterocycles. The van der Waals surface area contributed by atoms with Crippen LogP contribution in [0.1, 0.15) is 9.67 Å². The molecule has 0 aliphatic carbocycles. The second-order valence-corrected chi connectivity index (χ2v) is 6.58. The molecule has 3 aromatic rings. The summed E-state index contributed by atoms with van der Waals surface area (Å²) in [7, 11) is 0. The first-order valence-electron chi connectivity index (χ1n) is 7.81. The van der Waals surface area contributed by atoms with Crippen molar-refractivity contribution in [3.05, 3.63) is 52.3 Å². The van der Waals surface area contributed by atoms with Crippen molar-refractivity contribution in [2.75, 3.05) is 18.4 Å². The van der Waals surface area contributed by atoms with Crippen LogP contribution in [0.4, 0.5) is 19.0 Å². The maximum Gasteiger partial charge on any atom is 0.405 e. The van der Waals surface area contributed by atoms with Gasteiger partial charge in [-0.2, -0.15) is 13.2 Å². The Hall–Kier alpha value is -3.39. The summed E-state index contributed by atoms with van der Waals surface area (Å²) < 4.78 is 38.3. The topological polar surface area (TPSA) is 79.9 Å². The number of hydrogen-bond donors (Lipinski definition) is 2. The Bertz CT molecular complexity index is 1080. The molecule has 0 atom stereocenters. The van der Waals surface area contributed by atoms with E-state index in [4.69, 9.17) is 6.57 Å². The Kier molecular flexibility index (Phi) is 5.32. The summed E-state index contributed by atoms with van der Waals surface area (Å²) in [5.41, 5.74) is 1.94. The minimum Gasteiger partial charge on any atom is -0.342 e. The first-order chi connectivity index (χ1) is 13.2. The van der Waals surface area contributed by atoms with Gasteiger partial charge in [0.2, 0.25) is 0 Å². The van der Waals surface area contributed by atoms with Gasteiger partial charge in [-0.25, -0.2) is 11.6 Å². The zero-order valence-electron chi connectivity index (χ0n) is 14.1. The van der Waals surface area contributed by atoms with Crippen LogP contribution in [0.25, 0.3) is 21.6 Å². The third-order valence-corrected chi connectivity index (χ3v) is 4.48. The molecule has 0 spiro atoms. The summed E-state index contributed by atoms with van der Waals surface area (Å²) in [5, 5.41) is 6.01. The van der Waals surface area contributed by atoms with E-state index in [9.17, 15) is 22.8 Å². The molecule has 3 rings (SSSR count). The van der Waals surface area contributed by atoms with E-state index in [1.54, 1.807) is 34.3 Å². The number of pyridine rings is 1. The molecule has 0 aliphatic heterocycles. The number of carbonyl (C=O) groups is 2. The maximum atomic E-state index is 12.2. The predicted molar refractivity (Wildman–Crippen MR) is 97.0 cm³/mol. The molecular formula is C17H12F3N5O2S. The van der Waals surface area contributed by atoms with Gasteiger partial charge in [0.05, 0.1) is 11.1 Å². The van der Waals surface area contributed by atoms with Gasteiger partial charge in [0.15, 0.2) is 5.82 Å². The lowest BCUT2D eigenvalue weighted by Crippen LogP contribution is -2.33. The van der Waals surface area contributed by atoms with Crippen LogP contribution in [0.2, 0.25) is 0 Å². The molecular weight excluding hydrogens is 395 g/mol. The van der Waals surface area contributed by atoms with Crippen molar-refractivity contribution < 1.29 is 22.8 Å². The lowest BCUT2D eigenvalue weighted by Gasteiger charge is -2.06. The molecule has 144 valence electrons. The van der Waals surface area contributed by atoms with Crippen molar-refractivity contribution in [1.29, 1.82) is 0 Å². The van der Waals surface area contributed by atoms with Crippen molar-refractivity contribution in [2.24, 2.45) is 0 Å². The van der Waals surface area contributed by atoms with Crippen LogP contribution in [-0.2, 0) is 4.79 Å². The minimum atomic E-state index is -4.47. The highest BCUT2D eigenvalue weighted by atomic mass is 32.1. The highest BCUT2D eigenvalue weighted by Crippen LogP contribution is 2.26. The second-order valence-electron chi connectivity index (χ2n) is 5.67. The van der Waals surface area contributed by atoms with E-state index in [-0.39, 0.29) is 11.4 Å². The number of aromatic nitrogens is 2. The molecule has 0 aromatic carbocycles. The van der Waals surface area contributed by atoms with E-state index >= 15 is 0 Å². The van der Waals surface area contributed by atoms with Crippen LogP contribution < -0.4 is 10.6 Å². The van der Waals surface area contributed by atoms with E-state index in [2.05, 4.69) is 15.1 Å². The van der Waals surface area contributed by atoms with E-state index in [1.165, 1.54) is 6.07 Å². The first kappa shape index (κ1) is 19.4. The number of hydrogen-bond acceptors (Lipinski definition) is 4. The number of nitrogens with zero attached hydrogens (tertiary/aromatic N) is 3. The van der Waals surface area contributed by atoms with Crippen LogP contribution in [-0.4, -0.2) is 40.5 Å². The average Bonchev–Trinajstić information content (AvgIpc) is 3.25. The third kappa shape index (κ3) is 4.66. The molecule has 0 bridgehead atoms. The zero-order chi connectivity index (χ0) is 20.3. The molecule has 0 fully saturated rings. The fraction of sp³-hybridized carbons (Fsp3) is 0.176. The molecule has 7 nitrogen and oxygen atoms in total. The van der Waals surface area contributed by atoms with Crippen LogP contribution in [0.5, 0.6) is 0 Å². The van der Waals surface area contributed by atoms with Crippen LogP contribution >= 0.6 is 11.3 Å². The van der Waals surface area contributed by atoms with Gasteiger partial charge in [-0.05, 0) is 34.7 Å². The fourth-order valence-corrected chi connectivity index (χ4v) is 3.18. The summed E-state index contributed by atoms with van der Waals surface area (Å²) in [4.78, 5) is 30.7. The summed E-state index contributed by atoms with van der Waals surface area (Å²) in [5.74, 6) is -0.962. The normalized spacial score (nSPS) is 11.2. The molecule has 0 saturated carbocycles.